The number of carbonyl (C=O) groups excluding carboxylic acids is 3. The Hall–Kier alpha value is -3.42. The van der Waals surface area contributed by atoms with Crippen LogP contribution in [0.4, 0.5) is 5.82 Å². The SMILES string of the molecule is CC(C)COC(=O)c1ccccc1-n1c(N)c2c(cc1=O)C(=O)NC2=O. The molecule has 8 heteroatoms. The maximum Gasteiger partial charge on any atom is 0.340 e. The van der Waals surface area contributed by atoms with E-state index in [0.717, 1.165) is 10.6 Å². The van der Waals surface area contributed by atoms with Crippen molar-refractivity contribution < 1.29 is 19.1 Å². The van der Waals surface area contributed by atoms with Crippen LogP contribution in [0.15, 0.2) is 35.1 Å². The minimum Gasteiger partial charge on any atom is -0.462 e. The number of para-hydroxylation sites is 1. The second-order valence-corrected chi connectivity index (χ2v) is 6.28. The number of rotatable bonds is 4. The molecule has 0 atom stereocenters. The summed E-state index contributed by atoms with van der Waals surface area (Å²) in [6.07, 6.45) is 0. The van der Waals surface area contributed by atoms with E-state index in [4.69, 9.17) is 10.5 Å². The first-order valence-electron chi connectivity index (χ1n) is 7.99. The summed E-state index contributed by atoms with van der Waals surface area (Å²) in [5, 5.41) is 2.10. The van der Waals surface area contributed by atoms with Gasteiger partial charge in [0.05, 0.1) is 29.0 Å². The Labute approximate surface area is 148 Å². The highest BCUT2D eigenvalue weighted by molar-refractivity contribution is 6.23. The Kier molecular flexibility index (Phi) is 4.33. The average molecular weight is 355 g/mol. The van der Waals surface area contributed by atoms with Gasteiger partial charge in [-0.1, -0.05) is 26.0 Å². The number of fused-ring (bicyclic) bond motifs is 1. The molecule has 2 heterocycles. The summed E-state index contributed by atoms with van der Waals surface area (Å²) in [5.74, 6) is -2.03. The third-order valence-electron chi connectivity index (χ3n) is 3.87. The van der Waals surface area contributed by atoms with Gasteiger partial charge < -0.3 is 10.5 Å². The molecule has 0 radical (unpaired) electrons. The van der Waals surface area contributed by atoms with Gasteiger partial charge in [0.15, 0.2) is 0 Å². The number of anilines is 1. The van der Waals surface area contributed by atoms with Crippen molar-refractivity contribution in [1.29, 1.82) is 0 Å². The van der Waals surface area contributed by atoms with Gasteiger partial charge in [0, 0.05) is 6.07 Å². The number of amides is 2. The molecule has 2 amide bonds. The first-order valence-corrected chi connectivity index (χ1v) is 7.99. The predicted molar refractivity (Wildman–Crippen MR) is 93.4 cm³/mol. The van der Waals surface area contributed by atoms with E-state index in [1.54, 1.807) is 12.1 Å². The molecule has 1 aliphatic heterocycles. The highest BCUT2D eigenvalue weighted by Crippen LogP contribution is 2.24. The quantitative estimate of drug-likeness (QED) is 0.626. The van der Waals surface area contributed by atoms with E-state index in [0.29, 0.717) is 0 Å². The van der Waals surface area contributed by atoms with Crippen molar-refractivity contribution in [3.63, 3.8) is 0 Å². The second kappa shape index (κ2) is 6.47. The van der Waals surface area contributed by atoms with E-state index in [9.17, 15) is 19.2 Å². The molecule has 1 aromatic heterocycles. The van der Waals surface area contributed by atoms with E-state index in [2.05, 4.69) is 5.32 Å². The molecule has 3 rings (SSSR count). The maximum atomic E-state index is 12.5. The zero-order valence-corrected chi connectivity index (χ0v) is 14.2. The number of pyridine rings is 1. The van der Waals surface area contributed by atoms with Crippen LogP contribution in [0.3, 0.4) is 0 Å². The summed E-state index contributed by atoms with van der Waals surface area (Å²) in [6, 6.07) is 7.30. The fourth-order valence-electron chi connectivity index (χ4n) is 2.69. The lowest BCUT2D eigenvalue weighted by Crippen LogP contribution is -2.26. The van der Waals surface area contributed by atoms with Crippen LogP contribution in [-0.4, -0.2) is 29.0 Å². The minimum absolute atomic E-state index is 0.0754. The number of nitrogens with one attached hydrogen (secondary N) is 1. The molecule has 0 saturated heterocycles. The molecule has 1 aromatic carbocycles. The minimum atomic E-state index is -0.684. The van der Waals surface area contributed by atoms with Gasteiger partial charge in [-0.2, -0.15) is 0 Å². The van der Waals surface area contributed by atoms with Gasteiger partial charge in [-0.3, -0.25) is 24.3 Å². The van der Waals surface area contributed by atoms with Crippen LogP contribution >= 0.6 is 0 Å². The van der Waals surface area contributed by atoms with E-state index in [-0.39, 0.29) is 40.7 Å². The van der Waals surface area contributed by atoms with Crippen molar-refractivity contribution in [2.24, 2.45) is 5.92 Å². The third-order valence-corrected chi connectivity index (χ3v) is 3.87. The van der Waals surface area contributed by atoms with Crippen LogP contribution in [0.5, 0.6) is 0 Å². The molecule has 2 aromatic rings. The summed E-state index contributed by atoms with van der Waals surface area (Å²) in [7, 11) is 0. The summed E-state index contributed by atoms with van der Waals surface area (Å²) in [4.78, 5) is 48.6. The predicted octanol–water partition coefficient (Wildman–Crippen LogP) is 1.12. The summed E-state index contributed by atoms with van der Waals surface area (Å²) in [6.45, 7) is 4.02. The average Bonchev–Trinajstić information content (AvgIpc) is 2.87. The lowest BCUT2D eigenvalue weighted by atomic mass is 10.1. The molecule has 1 aliphatic rings. The van der Waals surface area contributed by atoms with E-state index < -0.39 is 23.3 Å². The van der Waals surface area contributed by atoms with Crippen LogP contribution in [-0.2, 0) is 4.74 Å². The summed E-state index contributed by atoms with van der Waals surface area (Å²) in [5.41, 5.74) is 5.53. The first kappa shape index (κ1) is 17.4. The first-order chi connectivity index (χ1) is 12.3. The number of imide groups is 1. The number of aromatic nitrogens is 1. The molecule has 0 unspecified atom stereocenters. The number of nitrogen functional groups attached to an aromatic ring is 1. The van der Waals surface area contributed by atoms with Crippen molar-refractivity contribution in [2.75, 3.05) is 12.3 Å². The van der Waals surface area contributed by atoms with Crippen LogP contribution in [0.1, 0.15) is 44.9 Å². The molecule has 0 saturated carbocycles. The molecule has 0 bridgehead atoms. The van der Waals surface area contributed by atoms with Crippen LogP contribution < -0.4 is 16.6 Å². The number of nitrogens with zero attached hydrogens (tertiary/aromatic N) is 1. The second-order valence-electron chi connectivity index (χ2n) is 6.28. The van der Waals surface area contributed by atoms with Crippen LogP contribution in [0, 0.1) is 5.92 Å². The van der Waals surface area contributed by atoms with Gasteiger partial charge in [0.25, 0.3) is 17.4 Å². The standard InChI is InChI=1S/C18H17N3O5/c1-9(2)8-26-18(25)10-5-3-4-6-12(10)21-13(22)7-11-14(15(21)19)17(24)20-16(11)23/h3-7,9H,8,19H2,1-2H3,(H,20,23,24). The number of hydrogen-bond acceptors (Lipinski definition) is 6. The Morgan fingerprint density at radius 1 is 1.19 bits per heavy atom. The molecular formula is C18H17N3O5. The van der Waals surface area contributed by atoms with E-state index >= 15 is 0 Å². The number of ether oxygens (including phenoxy) is 1. The Bertz CT molecular complexity index is 991. The van der Waals surface area contributed by atoms with Gasteiger partial charge in [0.2, 0.25) is 0 Å². The Morgan fingerprint density at radius 3 is 2.58 bits per heavy atom. The van der Waals surface area contributed by atoms with Gasteiger partial charge >= 0.3 is 5.97 Å². The molecule has 8 nitrogen and oxygen atoms in total. The van der Waals surface area contributed by atoms with Crippen LogP contribution in [0.2, 0.25) is 0 Å². The molecule has 3 N–H and O–H groups in total. The van der Waals surface area contributed by atoms with Crippen molar-refractivity contribution in [1.82, 2.24) is 9.88 Å². The fourth-order valence-corrected chi connectivity index (χ4v) is 2.69. The normalized spacial score (nSPS) is 12.9. The van der Waals surface area contributed by atoms with Crippen LogP contribution in [0.25, 0.3) is 5.69 Å². The highest BCUT2D eigenvalue weighted by Gasteiger charge is 2.32. The smallest absolute Gasteiger partial charge is 0.340 e. The Morgan fingerprint density at radius 2 is 1.88 bits per heavy atom. The third kappa shape index (κ3) is 2.85. The van der Waals surface area contributed by atoms with Crippen molar-refractivity contribution in [3.05, 3.63) is 57.4 Å². The largest absolute Gasteiger partial charge is 0.462 e. The fraction of sp³-hybridized carbons (Fsp3) is 0.222. The van der Waals surface area contributed by atoms with Gasteiger partial charge in [-0.25, -0.2) is 4.79 Å². The van der Waals surface area contributed by atoms with Crippen molar-refractivity contribution in [3.8, 4) is 5.69 Å². The molecule has 0 aliphatic carbocycles. The van der Waals surface area contributed by atoms with E-state index in [1.165, 1.54) is 12.1 Å². The number of carbonyl (C=O) groups is 3. The van der Waals surface area contributed by atoms with E-state index in [1.807, 2.05) is 13.8 Å². The lowest BCUT2D eigenvalue weighted by molar-refractivity contribution is 0.0458. The number of nitrogens with two attached hydrogens (primary N) is 1. The molecule has 0 spiro atoms. The summed E-state index contributed by atoms with van der Waals surface area (Å²) >= 11 is 0. The number of benzene rings is 1. The molecule has 26 heavy (non-hydrogen) atoms. The molecular weight excluding hydrogens is 338 g/mol. The number of esters is 1. The Balaban J connectivity index is 2.16. The van der Waals surface area contributed by atoms with Crippen molar-refractivity contribution in [2.45, 2.75) is 13.8 Å². The zero-order chi connectivity index (χ0) is 19.0. The monoisotopic (exact) mass is 355 g/mol. The van der Waals surface area contributed by atoms with Gasteiger partial charge in [0.1, 0.15) is 5.82 Å². The maximum absolute atomic E-state index is 12.5. The van der Waals surface area contributed by atoms with Gasteiger partial charge in [-0.05, 0) is 18.1 Å². The lowest BCUT2D eigenvalue weighted by Gasteiger charge is -2.15. The molecule has 0 fully saturated rings. The molecule has 134 valence electrons. The number of hydrogen-bond donors (Lipinski definition) is 2. The summed E-state index contributed by atoms with van der Waals surface area (Å²) < 4.78 is 6.26. The zero-order valence-electron chi connectivity index (χ0n) is 14.2. The topological polar surface area (TPSA) is 120 Å². The van der Waals surface area contributed by atoms with Gasteiger partial charge in [-0.15, -0.1) is 0 Å². The van der Waals surface area contributed by atoms with Crippen molar-refractivity contribution >= 4 is 23.6 Å². The highest BCUT2D eigenvalue weighted by atomic mass is 16.5.